The van der Waals surface area contributed by atoms with Crippen LogP contribution in [0.2, 0.25) is 0 Å². The van der Waals surface area contributed by atoms with E-state index in [1.54, 1.807) is 6.08 Å². The number of amides is 1. The summed E-state index contributed by atoms with van der Waals surface area (Å²) in [5.74, 6) is -0.628. The lowest BCUT2D eigenvalue weighted by Gasteiger charge is -2.41. The number of aliphatic hydroxyl groups excluding tert-OH is 7. The Hall–Kier alpha value is -1.74. The quantitative estimate of drug-likeness (QED) is 0.0231. The Balaban J connectivity index is 2.70. The number of rotatable bonds is 32. The van der Waals surface area contributed by atoms with Crippen molar-refractivity contribution < 1.29 is 59.0 Å². The van der Waals surface area contributed by atoms with Crippen molar-refractivity contribution in [3.63, 3.8) is 0 Å². The van der Waals surface area contributed by atoms with Crippen molar-refractivity contribution in [2.24, 2.45) is 0 Å². The summed E-state index contributed by atoms with van der Waals surface area (Å²) in [7, 11) is -5.15. The fourth-order valence-corrected chi connectivity index (χ4v) is 7.12. The number of carbonyl (C=O) groups is 1. The summed E-state index contributed by atoms with van der Waals surface area (Å²) in [5, 5.41) is 74.1. The maximum Gasteiger partial charge on any atom is 0.472 e. The van der Waals surface area contributed by atoms with E-state index in [9.17, 15) is 50.0 Å². The SMILES string of the molecule is CCCCCC/C=C/CC/C=C/CC/C=C/C(O)C(COP(=O)(O)OC1C(O)C(O)C(O)C(O)C1O)NC(=O)CC(O)CCC/C=C\CCCCCCCC. The third-order valence-electron chi connectivity index (χ3n) is 9.61. The number of hydrogen-bond donors (Lipinski definition) is 9. The van der Waals surface area contributed by atoms with Crippen molar-refractivity contribution in [1.82, 2.24) is 5.32 Å². The number of aliphatic hydroxyl groups is 7. The summed E-state index contributed by atoms with van der Waals surface area (Å²) in [6.45, 7) is 3.64. The van der Waals surface area contributed by atoms with E-state index in [4.69, 9.17) is 9.05 Å². The molecule has 8 unspecified atom stereocenters. The van der Waals surface area contributed by atoms with Crippen molar-refractivity contribution in [2.75, 3.05) is 6.61 Å². The lowest BCUT2D eigenvalue weighted by Crippen LogP contribution is -2.64. The molecule has 1 aliphatic rings. The first-order valence-corrected chi connectivity index (χ1v) is 22.2. The Labute approximate surface area is 329 Å². The van der Waals surface area contributed by atoms with Crippen LogP contribution in [0.1, 0.15) is 142 Å². The third-order valence-corrected chi connectivity index (χ3v) is 10.6. The van der Waals surface area contributed by atoms with Crippen molar-refractivity contribution in [2.45, 2.75) is 197 Å². The maximum atomic E-state index is 12.9. The summed E-state index contributed by atoms with van der Waals surface area (Å²) in [6.07, 6.45) is 20.8. The molecule has 0 saturated heterocycles. The van der Waals surface area contributed by atoms with Crippen LogP contribution in [0.25, 0.3) is 0 Å². The summed E-state index contributed by atoms with van der Waals surface area (Å²) in [5.41, 5.74) is 0. The third kappa shape index (κ3) is 23.9. The predicted octanol–water partition coefficient (Wildman–Crippen LogP) is 5.58. The Morgan fingerprint density at radius 3 is 1.62 bits per heavy atom. The highest BCUT2D eigenvalue weighted by Crippen LogP contribution is 2.47. The minimum Gasteiger partial charge on any atom is -0.393 e. The fourth-order valence-electron chi connectivity index (χ4n) is 6.15. The van der Waals surface area contributed by atoms with Gasteiger partial charge in [-0.15, -0.1) is 0 Å². The zero-order chi connectivity index (χ0) is 40.9. The zero-order valence-electron chi connectivity index (χ0n) is 33.3. The van der Waals surface area contributed by atoms with E-state index >= 15 is 0 Å². The van der Waals surface area contributed by atoms with E-state index in [0.717, 1.165) is 38.5 Å². The van der Waals surface area contributed by atoms with Crippen molar-refractivity contribution >= 4 is 13.7 Å². The number of unbranched alkanes of at least 4 members (excludes halogenated alkanes) is 13. The molecule has 0 aromatic carbocycles. The van der Waals surface area contributed by atoms with Crippen LogP contribution < -0.4 is 5.32 Å². The molecule has 8 atom stereocenters. The summed E-state index contributed by atoms with van der Waals surface area (Å²) >= 11 is 0. The first kappa shape index (κ1) is 51.3. The van der Waals surface area contributed by atoms with Crippen LogP contribution in [0.3, 0.4) is 0 Å². The van der Waals surface area contributed by atoms with Gasteiger partial charge in [0.2, 0.25) is 5.91 Å². The van der Waals surface area contributed by atoms with Gasteiger partial charge in [0.1, 0.15) is 36.6 Å². The summed E-state index contributed by atoms with van der Waals surface area (Å²) in [4.78, 5) is 23.3. The maximum absolute atomic E-state index is 12.9. The minimum atomic E-state index is -5.15. The van der Waals surface area contributed by atoms with E-state index in [-0.39, 0.29) is 6.42 Å². The van der Waals surface area contributed by atoms with E-state index in [1.807, 2.05) is 6.08 Å². The second-order valence-corrected chi connectivity index (χ2v) is 16.0. The summed E-state index contributed by atoms with van der Waals surface area (Å²) < 4.78 is 22.7. The average molecular weight is 804 g/mol. The second kappa shape index (κ2) is 31.3. The second-order valence-electron chi connectivity index (χ2n) is 14.6. The van der Waals surface area contributed by atoms with Crippen LogP contribution in [0.5, 0.6) is 0 Å². The topological polar surface area (TPSA) is 226 Å². The highest BCUT2D eigenvalue weighted by molar-refractivity contribution is 7.47. The molecule has 1 saturated carbocycles. The van der Waals surface area contributed by atoms with E-state index in [0.29, 0.717) is 25.7 Å². The number of phosphoric acid groups is 1. The normalized spacial score (nSPS) is 24.9. The van der Waals surface area contributed by atoms with Crippen molar-refractivity contribution in [3.8, 4) is 0 Å². The van der Waals surface area contributed by atoms with Gasteiger partial charge in [-0.3, -0.25) is 13.8 Å². The highest BCUT2D eigenvalue weighted by Gasteiger charge is 2.51. The Morgan fingerprint density at radius 2 is 1.07 bits per heavy atom. The van der Waals surface area contributed by atoms with Crippen molar-refractivity contribution in [1.29, 1.82) is 0 Å². The molecule has 1 fully saturated rings. The average Bonchev–Trinajstić information content (AvgIpc) is 3.15. The molecule has 0 heterocycles. The van der Waals surface area contributed by atoms with E-state index in [1.165, 1.54) is 63.9 Å². The molecule has 0 aliphatic heterocycles. The van der Waals surface area contributed by atoms with E-state index in [2.05, 4.69) is 49.5 Å². The van der Waals surface area contributed by atoms with Gasteiger partial charge in [-0.05, 0) is 70.6 Å². The molecular formula is C41H74NO12P. The Morgan fingerprint density at radius 1 is 0.636 bits per heavy atom. The molecule has 320 valence electrons. The number of carbonyl (C=O) groups excluding carboxylic acids is 1. The molecule has 0 aromatic heterocycles. The predicted molar refractivity (Wildman–Crippen MR) is 215 cm³/mol. The highest BCUT2D eigenvalue weighted by atomic mass is 31.2. The first-order chi connectivity index (χ1) is 26.3. The van der Waals surface area contributed by atoms with Crippen LogP contribution >= 0.6 is 7.82 Å². The first-order valence-electron chi connectivity index (χ1n) is 20.7. The zero-order valence-corrected chi connectivity index (χ0v) is 34.2. The molecule has 9 N–H and O–H groups in total. The number of allylic oxidation sites excluding steroid dienone is 7. The minimum absolute atomic E-state index is 0.279. The number of hydrogen-bond acceptors (Lipinski definition) is 11. The molecule has 1 rings (SSSR count). The summed E-state index contributed by atoms with van der Waals surface area (Å²) in [6, 6.07) is -1.27. The lowest BCUT2D eigenvalue weighted by molar-refractivity contribution is -0.220. The van der Waals surface area contributed by atoms with Gasteiger partial charge in [-0.25, -0.2) is 4.57 Å². The van der Waals surface area contributed by atoms with Crippen LogP contribution in [-0.4, -0.2) is 108 Å². The van der Waals surface area contributed by atoms with Gasteiger partial charge in [-0.1, -0.05) is 114 Å². The monoisotopic (exact) mass is 803 g/mol. The van der Waals surface area contributed by atoms with Gasteiger partial charge in [-0.2, -0.15) is 0 Å². The molecule has 0 aromatic rings. The van der Waals surface area contributed by atoms with Gasteiger partial charge in [0.25, 0.3) is 0 Å². The van der Waals surface area contributed by atoms with Crippen LogP contribution in [0.4, 0.5) is 0 Å². The smallest absolute Gasteiger partial charge is 0.393 e. The molecular weight excluding hydrogens is 729 g/mol. The lowest BCUT2D eigenvalue weighted by atomic mass is 9.85. The molecule has 0 radical (unpaired) electrons. The number of phosphoric ester groups is 1. The fraction of sp³-hybridized carbons (Fsp3) is 0.780. The van der Waals surface area contributed by atoms with Gasteiger partial charge in [0, 0.05) is 0 Å². The van der Waals surface area contributed by atoms with Crippen LogP contribution in [-0.2, 0) is 18.4 Å². The molecule has 55 heavy (non-hydrogen) atoms. The van der Waals surface area contributed by atoms with Gasteiger partial charge >= 0.3 is 7.82 Å². The molecule has 13 nitrogen and oxygen atoms in total. The standard InChI is InChI=1S/C41H74NO12P/c1-3-5-7-9-11-13-15-16-17-19-21-23-25-27-29-34(44)33(31-53-55(51,52)54-41-39(49)37(47)36(46)38(48)40(41)50)42-35(45)30-32(43)28-26-24-22-20-18-14-12-10-8-6-4-2/h13,15,19-22,27,29,32-34,36-41,43-44,46-50H,3-12,14,16-18,23-26,28,30-31H2,1-2H3,(H,42,45)(H,51,52)/b15-13+,21-19+,22-20-,29-27+. The molecule has 14 heteroatoms. The Kier molecular flexibility index (Phi) is 29.2. The largest absolute Gasteiger partial charge is 0.472 e. The van der Waals surface area contributed by atoms with Crippen LogP contribution in [0, 0.1) is 0 Å². The van der Waals surface area contributed by atoms with Gasteiger partial charge < -0.3 is 46.0 Å². The molecule has 1 amide bonds. The molecule has 1 aliphatic carbocycles. The van der Waals surface area contributed by atoms with Crippen molar-refractivity contribution in [3.05, 3.63) is 48.6 Å². The van der Waals surface area contributed by atoms with E-state index < -0.39 is 75.2 Å². The molecule has 0 bridgehead atoms. The van der Waals surface area contributed by atoms with Crippen LogP contribution in [0.15, 0.2) is 48.6 Å². The number of nitrogens with one attached hydrogen (secondary N) is 1. The van der Waals surface area contributed by atoms with Gasteiger partial charge in [0.05, 0.1) is 31.3 Å². The molecule has 0 spiro atoms. The van der Waals surface area contributed by atoms with Gasteiger partial charge in [0.15, 0.2) is 0 Å². The Bertz CT molecular complexity index is 1130.